The molecule has 8 heteroatoms. The minimum atomic E-state index is -3.27. The lowest BCUT2D eigenvalue weighted by atomic mass is 9.86. The lowest BCUT2D eigenvalue weighted by Gasteiger charge is -2.45. The monoisotopic (exact) mass is 550 g/mol. The molecule has 4 heterocycles. The first-order valence-corrected chi connectivity index (χ1v) is 16.6. The zero-order valence-corrected chi connectivity index (χ0v) is 23.8. The van der Waals surface area contributed by atoms with Crippen LogP contribution in [-0.4, -0.2) is 71.8 Å². The van der Waals surface area contributed by atoms with Gasteiger partial charge in [0.15, 0.2) is 15.7 Å². The molecular weight excluding hydrogens is 511 g/mol. The fraction of sp³-hybridized carbons (Fsp3) is 0.581. The summed E-state index contributed by atoms with van der Waals surface area (Å²) in [5.41, 5.74) is 3.00. The average Bonchev–Trinajstić information content (AvgIpc) is 3.64. The highest BCUT2D eigenvalue weighted by Crippen LogP contribution is 2.42. The zero-order chi connectivity index (χ0) is 26.9. The predicted molar refractivity (Wildman–Crippen MR) is 152 cm³/mol. The topological polar surface area (TPSA) is 58.4 Å². The molecule has 4 aliphatic rings. The van der Waals surface area contributed by atoms with E-state index >= 15 is 4.39 Å². The van der Waals surface area contributed by atoms with Gasteiger partial charge in [0.05, 0.1) is 10.4 Å². The van der Waals surface area contributed by atoms with Gasteiger partial charge in [-0.25, -0.2) is 17.8 Å². The molecule has 0 N–H and O–H groups in total. The summed E-state index contributed by atoms with van der Waals surface area (Å²) >= 11 is 0. The van der Waals surface area contributed by atoms with Gasteiger partial charge in [0.2, 0.25) is 0 Å². The SMILES string of the molecule is Cn1c(-c2ccc(S(C)(=O)=O)cc2)nc2c(F)cc(C3CCN(C4CC5CCC(C4)N5CC4CC4)CC3)cc21. The van der Waals surface area contributed by atoms with Crippen LogP contribution in [-0.2, 0) is 16.9 Å². The minimum absolute atomic E-state index is 0.265. The van der Waals surface area contributed by atoms with E-state index in [0.717, 1.165) is 60.6 Å². The molecule has 3 saturated heterocycles. The van der Waals surface area contributed by atoms with Crippen molar-refractivity contribution in [2.75, 3.05) is 25.9 Å². The number of benzene rings is 2. The van der Waals surface area contributed by atoms with Crippen molar-refractivity contribution < 1.29 is 12.8 Å². The zero-order valence-electron chi connectivity index (χ0n) is 23.0. The second-order valence-corrected chi connectivity index (χ2v) is 14.6. The Balaban J connectivity index is 1.05. The number of fused-ring (bicyclic) bond motifs is 3. The molecule has 0 radical (unpaired) electrons. The number of piperidine rings is 2. The molecule has 1 aromatic heterocycles. The molecule has 2 atom stereocenters. The number of hydrogen-bond donors (Lipinski definition) is 0. The highest BCUT2D eigenvalue weighted by Gasteiger charge is 2.44. The van der Waals surface area contributed by atoms with Gasteiger partial charge in [-0.15, -0.1) is 0 Å². The van der Waals surface area contributed by atoms with Gasteiger partial charge in [-0.3, -0.25) is 4.90 Å². The van der Waals surface area contributed by atoms with E-state index in [0.29, 0.717) is 23.3 Å². The van der Waals surface area contributed by atoms with Crippen molar-refractivity contribution in [2.24, 2.45) is 13.0 Å². The van der Waals surface area contributed by atoms with E-state index < -0.39 is 9.84 Å². The molecule has 3 aromatic rings. The van der Waals surface area contributed by atoms with Crippen LogP contribution in [0.2, 0.25) is 0 Å². The molecule has 0 spiro atoms. The maximum Gasteiger partial charge on any atom is 0.175 e. The van der Waals surface area contributed by atoms with Crippen LogP contribution in [0.4, 0.5) is 4.39 Å². The first kappa shape index (κ1) is 25.7. The van der Waals surface area contributed by atoms with Gasteiger partial charge >= 0.3 is 0 Å². The van der Waals surface area contributed by atoms with E-state index in [4.69, 9.17) is 0 Å². The third kappa shape index (κ3) is 4.82. The van der Waals surface area contributed by atoms with E-state index in [-0.39, 0.29) is 10.7 Å². The van der Waals surface area contributed by atoms with Crippen LogP contribution in [0.25, 0.3) is 22.4 Å². The van der Waals surface area contributed by atoms with Crippen molar-refractivity contribution in [3.63, 3.8) is 0 Å². The van der Waals surface area contributed by atoms with E-state index in [1.54, 1.807) is 30.3 Å². The Bertz CT molecular complexity index is 1480. The molecule has 4 fully saturated rings. The van der Waals surface area contributed by atoms with Gasteiger partial charge in [-0.2, -0.15) is 0 Å². The summed E-state index contributed by atoms with van der Waals surface area (Å²) in [6, 6.07) is 12.8. The van der Waals surface area contributed by atoms with Crippen molar-refractivity contribution in [1.29, 1.82) is 0 Å². The maximum atomic E-state index is 15.4. The van der Waals surface area contributed by atoms with Crippen LogP contribution in [0.1, 0.15) is 62.8 Å². The van der Waals surface area contributed by atoms with Gasteiger partial charge in [-0.1, -0.05) is 0 Å². The third-order valence-electron chi connectivity index (χ3n) is 10.0. The molecule has 1 aliphatic carbocycles. The lowest BCUT2D eigenvalue weighted by Crippen LogP contribution is -2.52. The Labute approximate surface area is 231 Å². The van der Waals surface area contributed by atoms with Gasteiger partial charge in [-0.05, 0) is 118 Å². The van der Waals surface area contributed by atoms with Gasteiger partial charge in [0, 0.05) is 43.5 Å². The molecule has 1 saturated carbocycles. The number of halogens is 1. The number of likely N-dealkylation sites (tertiary alicyclic amines) is 1. The Morgan fingerprint density at radius 3 is 2.21 bits per heavy atom. The van der Waals surface area contributed by atoms with Crippen LogP contribution in [0.5, 0.6) is 0 Å². The van der Waals surface area contributed by atoms with Crippen LogP contribution in [0.15, 0.2) is 41.3 Å². The molecule has 2 aromatic carbocycles. The number of aryl methyl sites for hydroxylation is 1. The van der Waals surface area contributed by atoms with Crippen molar-refractivity contribution >= 4 is 20.9 Å². The van der Waals surface area contributed by atoms with Crippen molar-refractivity contribution in [3.8, 4) is 11.4 Å². The number of nitrogens with zero attached hydrogens (tertiary/aromatic N) is 4. The van der Waals surface area contributed by atoms with Crippen LogP contribution in [0.3, 0.4) is 0 Å². The second-order valence-electron chi connectivity index (χ2n) is 12.6. The molecule has 2 unspecified atom stereocenters. The molecular formula is C31H39FN4O2S. The summed E-state index contributed by atoms with van der Waals surface area (Å²) in [7, 11) is -1.37. The van der Waals surface area contributed by atoms with E-state index in [9.17, 15) is 8.42 Å². The smallest absolute Gasteiger partial charge is 0.175 e. The molecule has 0 amide bonds. The standard InChI is InChI=1S/C31H39FN4O2S/c1-34-29-16-23(15-28(32)30(29)33-31(34)22-5-9-27(10-6-22)39(2,37)38)21-11-13-35(14-12-21)26-17-24-7-8-25(18-26)36(24)19-20-3-4-20/h5-6,9-10,15-16,20-21,24-26H,3-4,7-8,11-14,17-19H2,1-2H3. The number of imidazole rings is 1. The van der Waals surface area contributed by atoms with Crippen LogP contribution < -0.4 is 0 Å². The van der Waals surface area contributed by atoms with Gasteiger partial charge < -0.3 is 9.47 Å². The van der Waals surface area contributed by atoms with Crippen LogP contribution >= 0.6 is 0 Å². The Morgan fingerprint density at radius 1 is 0.923 bits per heavy atom. The molecule has 7 rings (SSSR count). The fourth-order valence-electron chi connectivity index (χ4n) is 7.65. The van der Waals surface area contributed by atoms with E-state index in [1.165, 1.54) is 51.3 Å². The van der Waals surface area contributed by atoms with Crippen molar-refractivity contribution in [3.05, 3.63) is 47.8 Å². The summed E-state index contributed by atoms with van der Waals surface area (Å²) < 4.78 is 41.0. The molecule has 6 nitrogen and oxygen atoms in total. The second kappa shape index (κ2) is 9.67. The molecule has 39 heavy (non-hydrogen) atoms. The van der Waals surface area contributed by atoms with Crippen LogP contribution in [0, 0.1) is 11.7 Å². The Hall–Kier alpha value is -2.29. The number of sulfone groups is 1. The van der Waals surface area contributed by atoms with Gasteiger partial charge in [0.25, 0.3) is 0 Å². The summed E-state index contributed by atoms with van der Waals surface area (Å²) in [6.07, 6.45) is 11.7. The maximum absolute atomic E-state index is 15.4. The summed E-state index contributed by atoms with van der Waals surface area (Å²) in [4.78, 5) is 10.5. The summed E-state index contributed by atoms with van der Waals surface area (Å²) in [5, 5.41) is 0. The molecule has 208 valence electrons. The highest BCUT2D eigenvalue weighted by atomic mass is 32.2. The first-order valence-electron chi connectivity index (χ1n) is 14.7. The summed E-state index contributed by atoms with van der Waals surface area (Å²) in [6.45, 7) is 3.54. The molecule has 2 bridgehead atoms. The van der Waals surface area contributed by atoms with Crippen molar-refractivity contribution in [1.82, 2.24) is 19.4 Å². The highest BCUT2D eigenvalue weighted by molar-refractivity contribution is 7.90. The largest absolute Gasteiger partial charge is 0.327 e. The third-order valence-corrected chi connectivity index (χ3v) is 11.2. The number of rotatable bonds is 6. The predicted octanol–water partition coefficient (Wildman–Crippen LogP) is 5.37. The normalized spacial score (nSPS) is 27.0. The first-order chi connectivity index (χ1) is 18.7. The van der Waals surface area contributed by atoms with E-state index in [1.807, 2.05) is 11.6 Å². The van der Waals surface area contributed by atoms with Gasteiger partial charge in [0.1, 0.15) is 11.3 Å². The minimum Gasteiger partial charge on any atom is -0.327 e. The van der Waals surface area contributed by atoms with Crippen molar-refractivity contribution in [2.45, 2.75) is 80.3 Å². The average molecular weight is 551 g/mol. The number of hydrogen-bond acceptors (Lipinski definition) is 5. The lowest BCUT2D eigenvalue weighted by molar-refractivity contribution is 0.0438. The number of aromatic nitrogens is 2. The van der Waals surface area contributed by atoms with E-state index in [2.05, 4.69) is 20.9 Å². The summed E-state index contributed by atoms with van der Waals surface area (Å²) in [5.74, 6) is 1.70. The fourth-order valence-corrected chi connectivity index (χ4v) is 8.28. The quantitative estimate of drug-likeness (QED) is 0.413. The Kier molecular flexibility index (Phi) is 6.36. The Morgan fingerprint density at radius 2 is 1.59 bits per heavy atom. The molecule has 3 aliphatic heterocycles.